The molecule has 0 saturated carbocycles. The van der Waals surface area contributed by atoms with Gasteiger partial charge in [-0.25, -0.2) is 0 Å². The van der Waals surface area contributed by atoms with Crippen molar-refractivity contribution in [2.24, 2.45) is 0 Å². The summed E-state index contributed by atoms with van der Waals surface area (Å²) < 4.78 is 16.9. The van der Waals surface area contributed by atoms with Gasteiger partial charge >= 0.3 is 0 Å². The van der Waals surface area contributed by atoms with E-state index in [9.17, 15) is 4.21 Å². The number of rotatable bonds is 5. The first kappa shape index (κ1) is 13.6. The minimum absolute atomic E-state index is 0.498. The molecule has 0 amide bonds. The summed E-state index contributed by atoms with van der Waals surface area (Å²) in [6.45, 7) is 3.52. The molecule has 100 valence electrons. The van der Waals surface area contributed by atoms with Gasteiger partial charge in [-0.05, 0) is 25.8 Å². The van der Waals surface area contributed by atoms with Gasteiger partial charge in [0.25, 0.3) is 0 Å². The molecule has 4 heteroatoms. The number of hydrogen-bond donors (Lipinski definition) is 1. The van der Waals surface area contributed by atoms with Crippen LogP contribution < -0.4 is 10.1 Å². The molecular formula is C14H21NO2S. The van der Waals surface area contributed by atoms with Crippen LogP contribution in [-0.2, 0) is 17.3 Å². The van der Waals surface area contributed by atoms with Gasteiger partial charge in [-0.15, -0.1) is 0 Å². The molecule has 0 atom stereocenters. The molecule has 0 spiro atoms. The first-order valence-electron chi connectivity index (χ1n) is 6.58. The van der Waals surface area contributed by atoms with E-state index in [1.807, 2.05) is 25.1 Å². The minimum Gasteiger partial charge on any atom is -0.494 e. The van der Waals surface area contributed by atoms with Gasteiger partial charge in [-0.1, -0.05) is 18.2 Å². The summed E-state index contributed by atoms with van der Waals surface area (Å²) in [5, 5.41) is 3.54. The lowest BCUT2D eigenvalue weighted by atomic mass is 10.1. The second-order valence-corrected chi connectivity index (χ2v) is 6.24. The predicted molar refractivity (Wildman–Crippen MR) is 75.3 cm³/mol. The third-order valence-corrected chi connectivity index (χ3v) is 4.62. The number of ether oxygens (including phenoxy) is 1. The maximum absolute atomic E-state index is 11.3. The zero-order valence-corrected chi connectivity index (χ0v) is 11.7. The fourth-order valence-corrected chi connectivity index (χ4v) is 3.50. The fourth-order valence-electron chi connectivity index (χ4n) is 2.20. The van der Waals surface area contributed by atoms with Crippen LogP contribution in [0.15, 0.2) is 24.3 Å². The Balaban J connectivity index is 1.87. The Labute approximate surface area is 111 Å². The third-order valence-electron chi connectivity index (χ3n) is 3.24. The van der Waals surface area contributed by atoms with E-state index in [4.69, 9.17) is 4.74 Å². The summed E-state index contributed by atoms with van der Waals surface area (Å²) >= 11 is 0. The summed E-state index contributed by atoms with van der Waals surface area (Å²) in [5.41, 5.74) is 1.20. The van der Waals surface area contributed by atoms with Crippen molar-refractivity contribution in [3.63, 3.8) is 0 Å². The highest BCUT2D eigenvalue weighted by Crippen LogP contribution is 2.18. The molecule has 0 bridgehead atoms. The molecule has 1 N–H and O–H groups in total. The minimum atomic E-state index is -0.581. The van der Waals surface area contributed by atoms with Gasteiger partial charge in [0.1, 0.15) is 5.75 Å². The van der Waals surface area contributed by atoms with E-state index < -0.39 is 10.8 Å². The van der Waals surface area contributed by atoms with Crippen LogP contribution in [0.2, 0.25) is 0 Å². The van der Waals surface area contributed by atoms with Gasteiger partial charge in [0.05, 0.1) is 6.61 Å². The van der Waals surface area contributed by atoms with E-state index >= 15 is 0 Å². The fraction of sp³-hybridized carbons (Fsp3) is 0.571. The molecule has 2 rings (SSSR count). The van der Waals surface area contributed by atoms with Crippen molar-refractivity contribution in [2.75, 3.05) is 18.1 Å². The zero-order chi connectivity index (χ0) is 12.8. The molecule has 1 fully saturated rings. The summed E-state index contributed by atoms with van der Waals surface area (Å²) in [7, 11) is -0.581. The van der Waals surface area contributed by atoms with Crippen LogP contribution in [0, 0.1) is 0 Å². The van der Waals surface area contributed by atoms with E-state index in [1.54, 1.807) is 0 Å². The normalized spacial score (nSPS) is 23.8. The standard InChI is InChI=1S/C14H21NO2S/c1-2-17-14-6-4-3-5-12(14)11-15-13-7-9-18(16)10-8-13/h3-6,13,15H,2,7-11H2,1H3. The van der Waals surface area contributed by atoms with E-state index in [2.05, 4.69) is 11.4 Å². The molecule has 3 nitrogen and oxygen atoms in total. The highest BCUT2D eigenvalue weighted by molar-refractivity contribution is 7.85. The molecule has 1 aliphatic rings. The van der Waals surface area contributed by atoms with Crippen molar-refractivity contribution in [2.45, 2.75) is 32.4 Å². The molecule has 0 radical (unpaired) electrons. The Morgan fingerprint density at radius 3 is 2.78 bits per heavy atom. The Bertz CT molecular complexity index is 399. The number of nitrogens with one attached hydrogen (secondary N) is 1. The molecule has 18 heavy (non-hydrogen) atoms. The average Bonchev–Trinajstić information content (AvgIpc) is 2.40. The second kappa shape index (κ2) is 6.90. The van der Waals surface area contributed by atoms with Gasteiger partial charge in [0, 0.05) is 40.5 Å². The third kappa shape index (κ3) is 3.82. The first-order valence-corrected chi connectivity index (χ1v) is 8.07. The quantitative estimate of drug-likeness (QED) is 0.888. The lowest BCUT2D eigenvalue weighted by Gasteiger charge is -2.23. The number of para-hydroxylation sites is 1. The van der Waals surface area contributed by atoms with Crippen molar-refractivity contribution >= 4 is 10.8 Å². The van der Waals surface area contributed by atoms with Crippen molar-refractivity contribution in [1.29, 1.82) is 0 Å². The van der Waals surface area contributed by atoms with Crippen LogP contribution >= 0.6 is 0 Å². The van der Waals surface area contributed by atoms with Crippen LogP contribution in [0.4, 0.5) is 0 Å². The van der Waals surface area contributed by atoms with Gasteiger partial charge in [-0.3, -0.25) is 4.21 Å². The van der Waals surface area contributed by atoms with Gasteiger partial charge in [0.2, 0.25) is 0 Å². The number of hydrogen-bond acceptors (Lipinski definition) is 3. The van der Waals surface area contributed by atoms with Gasteiger partial charge in [-0.2, -0.15) is 0 Å². The molecule has 1 aromatic carbocycles. The molecule has 0 aliphatic carbocycles. The summed E-state index contributed by atoms with van der Waals surface area (Å²) in [6.07, 6.45) is 2.03. The lowest BCUT2D eigenvalue weighted by molar-refractivity contribution is 0.334. The summed E-state index contributed by atoms with van der Waals surface area (Å²) in [6, 6.07) is 8.64. The van der Waals surface area contributed by atoms with E-state index in [0.717, 1.165) is 36.6 Å². The van der Waals surface area contributed by atoms with Crippen LogP contribution in [0.5, 0.6) is 5.75 Å². The topological polar surface area (TPSA) is 38.3 Å². The Morgan fingerprint density at radius 2 is 2.06 bits per heavy atom. The Kier molecular flexibility index (Phi) is 5.20. The lowest BCUT2D eigenvalue weighted by Crippen LogP contribution is -2.35. The summed E-state index contributed by atoms with van der Waals surface area (Å²) in [5.74, 6) is 2.64. The Morgan fingerprint density at radius 1 is 1.33 bits per heavy atom. The van der Waals surface area contributed by atoms with Gasteiger partial charge in [0.15, 0.2) is 0 Å². The van der Waals surface area contributed by atoms with Crippen LogP contribution in [-0.4, -0.2) is 28.4 Å². The summed E-state index contributed by atoms with van der Waals surface area (Å²) in [4.78, 5) is 0. The van der Waals surface area contributed by atoms with Crippen LogP contribution in [0.3, 0.4) is 0 Å². The average molecular weight is 267 g/mol. The zero-order valence-electron chi connectivity index (χ0n) is 10.9. The predicted octanol–water partition coefficient (Wildman–Crippen LogP) is 2.09. The van der Waals surface area contributed by atoms with Crippen LogP contribution in [0.1, 0.15) is 25.3 Å². The molecule has 0 aromatic heterocycles. The van der Waals surface area contributed by atoms with E-state index in [-0.39, 0.29) is 0 Å². The molecule has 1 saturated heterocycles. The second-order valence-electron chi connectivity index (χ2n) is 4.54. The smallest absolute Gasteiger partial charge is 0.123 e. The Hall–Kier alpha value is -0.870. The molecule has 0 unspecified atom stereocenters. The largest absolute Gasteiger partial charge is 0.494 e. The van der Waals surface area contributed by atoms with Crippen molar-refractivity contribution in [1.82, 2.24) is 5.32 Å². The highest BCUT2D eigenvalue weighted by atomic mass is 32.2. The molecular weight excluding hydrogens is 246 g/mol. The van der Waals surface area contributed by atoms with Crippen LogP contribution in [0.25, 0.3) is 0 Å². The highest BCUT2D eigenvalue weighted by Gasteiger charge is 2.17. The molecule has 1 aromatic rings. The molecule has 1 heterocycles. The maximum atomic E-state index is 11.3. The van der Waals surface area contributed by atoms with Crippen molar-refractivity contribution < 1.29 is 8.95 Å². The van der Waals surface area contributed by atoms with E-state index in [1.165, 1.54) is 5.56 Å². The number of benzene rings is 1. The SMILES string of the molecule is CCOc1ccccc1CNC1CCS(=O)CC1. The van der Waals surface area contributed by atoms with E-state index in [0.29, 0.717) is 12.6 Å². The first-order chi connectivity index (χ1) is 8.79. The van der Waals surface area contributed by atoms with Crippen molar-refractivity contribution in [3.05, 3.63) is 29.8 Å². The van der Waals surface area contributed by atoms with Gasteiger partial charge < -0.3 is 10.1 Å². The maximum Gasteiger partial charge on any atom is 0.123 e. The monoisotopic (exact) mass is 267 g/mol. The molecule has 1 aliphatic heterocycles. The van der Waals surface area contributed by atoms with Crippen molar-refractivity contribution in [3.8, 4) is 5.75 Å².